The van der Waals surface area contributed by atoms with Crippen molar-refractivity contribution in [3.63, 3.8) is 0 Å². The Hall–Kier alpha value is -0.860. The summed E-state index contributed by atoms with van der Waals surface area (Å²) < 4.78 is 0. The second kappa shape index (κ2) is 3.90. The standard InChI is InChI=1S/C11H16N2/c12-11-6-10(7-13-8-11)9-4-2-1-3-5-9/h1-5,10-11,13H,6-8,12H2. The van der Waals surface area contributed by atoms with Crippen LogP contribution in [0.1, 0.15) is 17.9 Å². The molecule has 3 N–H and O–H groups in total. The minimum absolute atomic E-state index is 0.318. The van der Waals surface area contributed by atoms with Crippen LogP contribution in [0.4, 0.5) is 0 Å². The van der Waals surface area contributed by atoms with Gasteiger partial charge in [0, 0.05) is 19.1 Å². The number of piperidine rings is 1. The Labute approximate surface area is 79.1 Å². The molecule has 0 amide bonds. The molecule has 2 heteroatoms. The lowest BCUT2D eigenvalue weighted by Crippen LogP contribution is -2.43. The average molecular weight is 176 g/mol. The van der Waals surface area contributed by atoms with E-state index in [-0.39, 0.29) is 0 Å². The maximum absolute atomic E-state index is 5.90. The van der Waals surface area contributed by atoms with Crippen molar-refractivity contribution < 1.29 is 0 Å². The summed E-state index contributed by atoms with van der Waals surface area (Å²) in [7, 11) is 0. The van der Waals surface area contributed by atoms with E-state index in [4.69, 9.17) is 5.73 Å². The van der Waals surface area contributed by atoms with Crippen molar-refractivity contribution in [1.82, 2.24) is 5.32 Å². The first-order chi connectivity index (χ1) is 6.36. The first-order valence-electron chi connectivity index (χ1n) is 4.87. The van der Waals surface area contributed by atoms with Crippen molar-refractivity contribution in [1.29, 1.82) is 0 Å². The molecule has 2 rings (SSSR count). The third-order valence-electron chi connectivity index (χ3n) is 2.66. The largest absolute Gasteiger partial charge is 0.327 e. The van der Waals surface area contributed by atoms with E-state index in [0.717, 1.165) is 19.5 Å². The van der Waals surface area contributed by atoms with Gasteiger partial charge >= 0.3 is 0 Å². The van der Waals surface area contributed by atoms with Crippen LogP contribution in [-0.4, -0.2) is 19.1 Å². The highest BCUT2D eigenvalue weighted by Crippen LogP contribution is 2.21. The molecular weight excluding hydrogens is 160 g/mol. The smallest absolute Gasteiger partial charge is 0.0171 e. The molecule has 1 aliphatic rings. The Morgan fingerprint density at radius 1 is 1.15 bits per heavy atom. The Balaban J connectivity index is 2.08. The number of hydrogen-bond donors (Lipinski definition) is 2. The SMILES string of the molecule is NC1CNCC(c2ccccc2)C1. The van der Waals surface area contributed by atoms with E-state index < -0.39 is 0 Å². The van der Waals surface area contributed by atoms with Gasteiger partial charge in [0.15, 0.2) is 0 Å². The highest BCUT2D eigenvalue weighted by Gasteiger charge is 2.19. The van der Waals surface area contributed by atoms with Gasteiger partial charge in [-0.25, -0.2) is 0 Å². The predicted molar refractivity (Wildman–Crippen MR) is 54.6 cm³/mol. The minimum atomic E-state index is 0.318. The first-order valence-corrected chi connectivity index (χ1v) is 4.87. The highest BCUT2D eigenvalue weighted by molar-refractivity contribution is 5.20. The van der Waals surface area contributed by atoms with Gasteiger partial charge in [-0.3, -0.25) is 0 Å². The molecule has 1 aliphatic heterocycles. The summed E-state index contributed by atoms with van der Waals surface area (Å²) in [5.74, 6) is 0.602. The summed E-state index contributed by atoms with van der Waals surface area (Å²) in [5.41, 5.74) is 7.31. The van der Waals surface area contributed by atoms with Gasteiger partial charge in [-0.05, 0) is 17.9 Å². The zero-order valence-corrected chi connectivity index (χ0v) is 7.74. The Morgan fingerprint density at radius 3 is 2.62 bits per heavy atom. The lowest BCUT2D eigenvalue weighted by molar-refractivity contribution is 0.412. The molecule has 2 unspecified atom stereocenters. The van der Waals surface area contributed by atoms with Crippen molar-refractivity contribution >= 4 is 0 Å². The number of hydrogen-bond acceptors (Lipinski definition) is 2. The van der Waals surface area contributed by atoms with Crippen LogP contribution in [0.2, 0.25) is 0 Å². The Morgan fingerprint density at radius 2 is 1.92 bits per heavy atom. The molecule has 13 heavy (non-hydrogen) atoms. The van der Waals surface area contributed by atoms with Gasteiger partial charge in [-0.1, -0.05) is 30.3 Å². The van der Waals surface area contributed by atoms with Crippen molar-refractivity contribution in [2.24, 2.45) is 5.73 Å². The van der Waals surface area contributed by atoms with Crippen LogP contribution in [0.5, 0.6) is 0 Å². The topological polar surface area (TPSA) is 38.0 Å². The Kier molecular flexibility index (Phi) is 2.62. The molecule has 0 radical (unpaired) electrons. The molecule has 0 bridgehead atoms. The van der Waals surface area contributed by atoms with Crippen LogP contribution in [0, 0.1) is 0 Å². The van der Waals surface area contributed by atoms with Gasteiger partial charge in [-0.15, -0.1) is 0 Å². The molecule has 1 heterocycles. The van der Waals surface area contributed by atoms with E-state index in [0.29, 0.717) is 12.0 Å². The maximum atomic E-state index is 5.90. The number of nitrogens with two attached hydrogens (primary N) is 1. The molecule has 0 aromatic heterocycles. The van der Waals surface area contributed by atoms with Crippen LogP contribution in [0.25, 0.3) is 0 Å². The molecule has 0 saturated carbocycles. The van der Waals surface area contributed by atoms with E-state index in [9.17, 15) is 0 Å². The number of nitrogens with one attached hydrogen (secondary N) is 1. The highest BCUT2D eigenvalue weighted by atomic mass is 14.9. The third kappa shape index (κ3) is 2.08. The molecule has 2 atom stereocenters. The monoisotopic (exact) mass is 176 g/mol. The molecule has 1 aromatic carbocycles. The second-order valence-electron chi connectivity index (χ2n) is 3.76. The third-order valence-corrected chi connectivity index (χ3v) is 2.66. The quantitative estimate of drug-likeness (QED) is 0.672. The average Bonchev–Trinajstić information content (AvgIpc) is 2.19. The first kappa shape index (κ1) is 8.73. The molecule has 2 nitrogen and oxygen atoms in total. The molecule has 1 saturated heterocycles. The van der Waals surface area contributed by atoms with E-state index in [1.54, 1.807) is 0 Å². The fraction of sp³-hybridized carbons (Fsp3) is 0.455. The van der Waals surface area contributed by atoms with Gasteiger partial charge in [-0.2, -0.15) is 0 Å². The fourth-order valence-corrected chi connectivity index (χ4v) is 1.95. The van der Waals surface area contributed by atoms with E-state index >= 15 is 0 Å². The van der Waals surface area contributed by atoms with E-state index in [1.165, 1.54) is 5.56 Å². The molecule has 1 aromatic rings. The molecule has 0 aliphatic carbocycles. The predicted octanol–water partition coefficient (Wildman–Crippen LogP) is 1.09. The molecule has 1 fully saturated rings. The van der Waals surface area contributed by atoms with Crippen molar-refractivity contribution in [3.05, 3.63) is 35.9 Å². The lowest BCUT2D eigenvalue weighted by atomic mass is 9.90. The zero-order chi connectivity index (χ0) is 9.10. The molecular formula is C11H16N2. The van der Waals surface area contributed by atoms with Gasteiger partial charge in [0.1, 0.15) is 0 Å². The summed E-state index contributed by atoms with van der Waals surface area (Å²) in [6, 6.07) is 10.9. The summed E-state index contributed by atoms with van der Waals surface area (Å²) in [6.45, 7) is 2.03. The second-order valence-corrected chi connectivity index (χ2v) is 3.76. The van der Waals surface area contributed by atoms with Gasteiger partial charge < -0.3 is 11.1 Å². The summed E-state index contributed by atoms with van der Waals surface area (Å²) in [6.07, 6.45) is 1.11. The van der Waals surface area contributed by atoms with Crippen molar-refractivity contribution in [3.8, 4) is 0 Å². The number of benzene rings is 1. The summed E-state index contributed by atoms with van der Waals surface area (Å²) in [5, 5.41) is 3.36. The van der Waals surface area contributed by atoms with E-state index in [2.05, 4.69) is 35.6 Å². The fourth-order valence-electron chi connectivity index (χ4n) is 1.95. The maximum Gasteiger partial charge on any atom is 0.0171 e. The van der Waals surface area contributed by atoms with Crippen LogP contribution in [0.15, 0.2) is 30.3 Å². The van der Waals surface area contributed by atoms with Crippen LogP contribution in [0.3, 0.4) is 0 Å². The van der Waals surface area contributed by atoms with Crippen LogP contribution < -0.4 is 11.1 Å². The minimum Gasteiger partial charge on any atom is -0.327 e. The van der Waals surface area contributed by atoms with Gasteiger partial charge in [0.05, 0.1) is 0 Å². The normalized spacial score (nSPS) is 28.7. The lowest BCUT2D eigenvalue weighted by Gasteiger charge is -2.27. The zero-order valence-electron chi connectivity index (χ0n) is 7.74. The molecule has 0 spiro atoms. The Bertz CT molecular complexity index is 258. The summed E-state index contributed by atoms with van der Waals surface area (Å²) >= 11 is 0. The van der Waals surface area contributed by atoms with Crippen LogP contribution in [-0.2, 0) is 0 Å². The van der Waals surface area contributed by atoms with E-state index in [1.807, 2.05) is 0 Å². The summed E-state index contributed by atoms with van der Waals surface area (Å²) in [4.78, 5) is 0. The van der Waals surface area contributed by atoms with Crippen molar-refractivity contribution in [2.45, 2.75) is 18.4 Å². The van der Waals surface area contributed by atoms with Gasteiger partial charge in [0.25, 0.3) is 0 Å². The van der Waals surface area contributed by atoms with Crippen LogP contribution >= 0.6 is 0 Å². The molecule has 70 valence electrons. The van der Waals surface area contributed by atoms with Crippen molar-refractivity contribution in [2.75, 3.05) is 13.1 Å². The van der Waals surface area contributed by atoms with Gasteiger partial charge in [0.2, 0.25) is 0 Å². The number of rotatable bonds is 1.